The van der Waals surface area contributed by atoms with Crippen molar-refractivity contribution in [3.05, 3.63) is 53.6 Å². The summed E-state index contributed by atoms with van der Waals surface area (Å²) in [6.07, 6.45) is 0.247. The number of carbonyl (C=O) groups excluding carboxylic acids is 2. The zero-order valence-corrected chi connectivity index (χ0v) is 20.7. The Morgan fingerprint density at radius 3 is 2.26 bits per heavy atom. The monoisotopic (exact) mass is 488 g/mol. The average Bonchev–Trinajstić information content (AvgIpc) is 2.85. The first kappa shape index (κ1) is 25.7. The van der Waals surface area contributed by atoms with Crippen LogP contribution in [0.5, 0.6) is 0 Å². The Morgan fingerprint density at radius 2 is 1.68 bits per heavy atom. The third-order valence-corrected chi connectivity index (χ3v) is 7.81. The molecular formula is C24H32N4O5S. The fourth-order valence-electron chi connectivity index (χ4n) is 3.83. The Balaban J connectivity index is 1.93. The van der Waals surface area contributed by atoms with Crippen LogP contribution in [0.1, 0.15) is 29.8 Å². The molecule has 2 aromatic rings. The minimum atomic E-state index is -3.73. The van der Waals surface area contributed by atoms with E-state index in [-0.39, 0.29) is 22.8 Å². The number of anilines is 2. The first-order chi connectivity index (χ1) is 16.3. The van der Waals surface area contributed by atoms with E-state index in [1.807, 2.05) is 4.90 Å². The minimum Gasteiger partial charge on any atom is -0.378 e. The van der Waals surface area contributed by atoms with E-state index in [2.05, 4.69) is 10.6 Å². The van der Waals surface area contributed by atoms with Gasteiger partial charge in [0.2, 0.25) is 15.9 Å². The normalized spacial score (nSPS) is 14.2. The van der Waals surface area contributed by atoms with Gasteiger partial charge in [0, 0.05) is 44.6 Å². The van der Waals surface area contributed by atoms with E-state index in [9.17, 15) is 18.0 Å². The highest BCUT2D eigenvalue weighted by atomic mass is 32.2. The Morgan fingerprint density at radius 1 is 1.03 bits per heavy atom. The van der Waals surface area contributed by atoms with Gasteiger partial charge < -0.3 is 20.3 Å². The van der Waals surface area contributed by atoms with Crippen LogP contribution in [0.4, 0.5) is 11.4 Å². The number of likely N-dealkylation sites (N-methyl/N-ethyl adjacent to an activating group) is 1. The zero-order valence-electron chi connectivity index (χ0n) is 19.8. The van der Waals surface area contributed by atoms with Crippen LogP contribution < -0.4 is 15.5 Å². The van der Waals surface area contributed by atoms with Gasteiger partial charge in [-0.3, -0.25) is 9.59 Å². The molecule has 1 saturated heterocycles. The van der Waals surface area contributed by atoms with Gasteiger partial charge in [0.15, 0.2) is 0 Å². The molecule has 3 rings (SSSR count). The summed E-state index contributed by atoms with van der Waals surface area (Å²) < 4.78 is 33.0. The maximum atomic E-state index is 13.3. The van der Waals surface area contributed by atoms with Crippen molar-refractivity contribution < 1.29 is 22.7 Å². The van der Waals surface area contributed by atoms with Gasteiger partial charge in [0.05, 0.1) is 30.1 Å². The topological polar surface area (TPSA) is 108 Å². The van der Waals surface area contributed by atoms with Crippen molar-refractivity contribution in [2.24, 2.45) is 0 Å². The summed E-state index contributed by atoms with van der Waals surface area (Å²) in [6.45, 7) is 6.53. The number of morpholine rings is 1. The van der Waals surface area contributed by atoms with Crippen molar-refractivity contribution in [2.45, 2.75) is 25.2 Å². The Kier molecular flexibility index (Phi) is 8.65. The molecule has 184 valence electrons. The number of amides is 2. The van der Waals surface area contributed by atoms with E-state index in [0.29, 0.717) is 50.8 Å². The van der Waals surface area contributed by atoms with Crippen molar-refractivity contribution in [2.75, 3.05) is 56.7 Å². The van der Waals surface area contributed by atoms with Crippen molar-refractivity contribution in [1.82, 2.24) is 9.62 Å². The van der Waals surface area contributed by atoms with Crippen molar-refractivity contribution in [3.8, 4) is 0 Å². The van der Waals surface area contributed by atoms with E-state index >= 15 is 0 Å². The summed E-state index contributed by atoms with van der Waals surface area (Å²) in [5.74, 6) is -0.504. The highest BCUT2D eigenvalue weighted by Crippen LogP contribution is 2.28. The van der Waals surface area contributed by atoms with Crippen LogP contribution in [0, 0.1) is 0 Å². The number of rotatable bonds is 9. The van der Waals surface area contributed by atoms with Gasteiger partial charge in [-0.1, -0.05) is 26.0 Å². The van der Waals surface area contributed by atoms with E-state index in [0.717, 1.165) is 5.56 Å². The van der Waals surface area contributed by atoms with E-state index < -0.39 is 15.9 Å². The van der Waals surface area contributed by atoms with Crippen LogP contribution in [0.25, 0.3) is 0 Å². The fourth-order valence-corrected chi connectivity index (χ4v) is 5.31. The number of nitrogens with zero attached hydrogens (tertiary/aromatic N) is 2. The summed E-state index contributed by atoms with van der Waals surface area (Å²) in [4.78, 5) is 27.0. The molecule has 0 aliphatic carbocycles. The first-order valence-corrected chi connectivity index (χ1v) is 12.8. The van der Waals surface area contributed by atoms with Crippen LogP contribution in [0.15, 0.2) is 47.4 Å². The van der Waals surface area contributed by atoms with E-state index in [4.69, 9.17) is 4.74 Å². The molecule has 0 bridgehead atoms. The predicted molar refractivity (Wildman–Crippen MR) is 132 cm³/mol. The lowest BCUT2D eigenvalue weighted by atomic mass is 10.1. The molecule has 0 atom stereocenters. The SMILES string of the molecule is CCN(CC)S(=O)(=O)c1ccc(N2CCOCC2)c(C(=O)Nc2ccc(CC(=O)NC)cc2)c1. The van der Waals surface area contributed by atoms with Crippen LogP contribution >= 0.6 is 0 Å². The zero-order chi connectivity index (χ0) is 24.7. The molecule has 2 amide bonds. The molecule has 1 aliphatic heterocycles. The van der Waals surface area contributed by atoms with Gasteiger partial charge in [0.1, 0.15) is 0 Å². The van der Waals surface area contributed by atoms with Crippen molar-refractivity contribution >= 4 is 33.2 Å². The van der Waals surface area contributed by atoms with Gasteiger partial charge >= 0.3 is 0 Å². The van der Waals surface area contributed by atoms with Gasteiger partial charge in [-0.15, -0.1) is 0 Å². The molecule has 10 heteroatoms. The lowest BCUT2D eigenvalue weighted by molar-refractivity contribution is -0.119. The number of nitrogens with one attached hydrogen (secondary N) is 2. The van der Waals surface area contributed by atoms with Crippen molar-refractivity contribution in [1.29, 1.82) is 0 Å². The predicted octanol–water partition coefficient (Wildman–Crippen LogP) is 2.09. The van der Waals surface area contributed by atoms with Crippen LogP contribution in [0.3, 0.4) is 0 Å². The van der Waals surface area contributed by atoms with E-state index in [1.165, 1.54) is 10.4 Å². The van der Waals surface area contributed by atoms with Gasteiger partial charge in [-0.2, -0.15) is 4.31 Å². The lowest BCUT2D eigenvalue weighted by Crippen LogP contribution is -2.37. The Bertz CT molecular complexity index is 1110. The van der Waals surface area contributed by atoms with Crippen LogP contribution in [-0.2, 0) is 26.0 Å². The number of carbonyl (C=O) groups is 2. The number of hydrogen-bond acceptors (Lipinski definition) is 6. The second kappa shape index (κ2) is 11.5. The molecule has 0 aromatic heterocycles. The largest absolute Gasteiger partial charge is 0.378 e. The summed E-state index contributed by atoms with van der Waals surface area (Å²) in [5, 5.41) is 5.44. The number of sulfonamides is 1. The molecule has 0 radical (unpaired) electrons. The van der Waals surface area contributed by atoms with Gasteiger partial charge in [-0.25, -0.2) is 8.42 Å². The minimum absolute atomic E-state index is 0.0827. The fraction of sp³-hybridized carbons (Fsp3) is 0.417. The quantitative estimate of drug-likeness (QED) is 0.560. The second-order valence-electron chi connectivity index (χ2n) is 7.87. The molecule has 2 aromatic carbocycles. The molecule has 0 saturated carbocycles. The van der Waals surface area contributed by atoms with E-state index in [1.54, 1.807) is 57.3 Å². The third kappa shape index (κ3) is 5.94. The molecule has 1 fully saturated rings. The molecule has 1 heterocycles. The summed E-state index contributed by atoms with van der Waals surface area (Å²) in [6, 6.07) is 11.7. The highest BCUT2D eigenvalue weighted by Gasteiger charge is 2.26. The number of ether oxygens (including phenoxy) is 1. The van der Waals surface area contributed by atoms with Crippen LogP contribution in [-0.4, -0.2) is 71.0 Å². The molecule has 0 unspecified atom stereocenters. The molecule has 0 spiro atoms. The summed E-state index contributed by atoms with van der Waals surface area (Å²) in [5.41, 5.74) is 2.31. The van der Waals surface area contributed by atoms with Crippen molar-refractivity contribution in [3.63, 3.8) is 0 Å². The third-order valence-electron chi connectivity index (χ3n) is 5.76. The van der Waals surface area contributed by atoms with Crippen LogP contribution in [0.2, 0.25) is 0 Å². The molecule has 34 heavy (non-hydrogen) atoms. The van der Waals surface area contributed by atoms with Gasteiger partial charge in [0.25, 0.3) is 5.91 Å². The standard InChI is InChI=1S/C24H32N4O5S/c1-4-28(5-2)34(31,32)20-10-11-22(27-12-14-33-15-13-27)21(17-20)24(30)26-19-8-6-18(7-9-19)16-23(29)25-3/h6-11,17H,4-5,12-16H2,1-3H3,(H,25,29)(H,26,30). The molecular weight excluding hydrogens is 456 g/mol. The number of hydrogen-bond donors (Lipinski definition) is 2. The first-order valence-electron chi connectivity index (χ1n) is 11.4. The number of benzene rings is 2. The Hall–Kier alpha value is -2.95. The smallest absolute Gasteiger partial charge is 0.257 e. The highest BCUT2D eigenvalue weighted by molar-refractivity contribution is 7.89. The second-order valence-corrected chi connectivity index (χ2v) is 9.81. The molecule has 1 aliphatic rings. The maximum absolute atomic E-state index is 13.3. The average molecular weight is 489 g/mol. The summed E-state index contributed by atoms with van der Waals surface area (Å²) in [7, 11) is -2.14. The molecule has 9 nitrogen and oxygen atoms in total. The van der Waals surface area contributed by atoms with Gasteiger partial charge in [-0.05, 0) is 35.9 Å². The summed E-state index contributed by atoms with van der Waals surface area (Å²) >= 11 is 0. The lowest BCUT2D eigenvalue weighted by Gasteiger charge is -2.30. The molecule has 2 N–H and O–H groups in total. The Labute approximate surface area is 201 Å². The maximum Gasteiger partial charge on any atom is 0.257 e.